The largest absolute Gasteiger partial charge is 0.297 e. The number of aromatic nitrogens is 1. The molecule has 1 saturated heterocycles. The van der Waals surface area contributed by atoms with Crippen molar-refractivity contribution in [1.82, 2.24) is 14.8 Å². The minimum atomic E-state index is 0.951. The average Bonchev–Trinajstić information content (AvgIpc) is 2.53. The predicted molar refractivity (Wildman–Crippen MR) is 88.9 cm³/mol. The maximum Gasteiger partial charge on any atom is 0.0544 e. The summed E-state index contributed by atoms with van der Waals surface area (Å²) in [5, 5.41) is 0. The molecule has 1 fully saturated rings. The summed E-state index contributed by atoms with van der Waals surface area (Å²) in [5.74, 6) is 0. The van der Waals surface area contributed by atoms with E-state index < -0.39 is 0 Å². The van der Waals surface area contributed by atoms with Gasteiger partial charge < -0.3 is 0 Å². The van der Waals surface area contributed by atoms with Crippen LogP contribution in [0.5, 0.6) is 0 Å². The summed E-state index contributed by atoms with van der Waals surface area (Å²) < 4.78 is 1.04. The van der Waals surface area contributed by atoms with E-state index in [1.165, 1.54) is 5.56 Å². The first-order valence-corrected chi connectivity index (χ1v) is 8.18. The van der Waals surface area contributed by atoms with Gasteiger partial charge in [0.1, 0.15) is 0 Å². The van der Waals surface area contributed by atoms with Crippen molar-refractivity contribution in [3.63, 3.8) is 0 Å². The van der Waals surface area contributed by atoms with Gasteiger partial charge in [-0.15, -0.1) is 0 Å². The molecule has 1 aliphatic heterocycles. The third kappa shape index (κ3) is 4.37. The smallest absolute Gasteiger partial charge is 0.0544 e. The maximum absolute atomic E-state index is 4.46. The summed E-state index contributed by atoms with van der Waals surface area (Å²) in [7, 11) is 0. The molecule has 0 radical (unpaired) electrons. The minimum absolute atomic E-state index is 0.951. The van der Waals surface area contributed by atoms with E-state index in [4.69, 9.17) is 0 Å². The van der Waals surface area contributed by atoms with Gasteiger partial charge in [-0.3, -0.25) is 14.8 Å². The highest BCUT2D eigenvalue weighted by atomic mass is 79.9. The molecule has 2 heterocycles. The Morgan fingerprint density at radius 3 is 2.14 bits per heavy atom. The van der Waals surface area contributed by atoms with Crippen molar-refractivity contribution in [2.75, 3.05) is 26.2 Å². The molecule has 0 atom stereocenters. The van der Waals surface area contributed by atoms with Crippen LogP contribution in [-0.4, -0.2) is 41.0 Å². The molecule has 0 saturated carbocycles. The van der Waals surface area contributed by atoms with Gasteiger partial charge in [0.05, 0.1) is 5.69 Å². The molecule has 0 unspecified atom stereocenters. The molecule has 0 spiro atoms. The fourth-order valence-corrected chi connectivity index (χ4v) is 2.91. The summed E-state index contributed by atoms with van der Waals surface area (Å²) in [6.07, 6.45) is 1.88. The van der Waals surface area contributed by atoms with Gasteiger partial charge in [-0.2, -0.15) is 0 Å². The van der Waals surface area contributed by atoms with Crippen molar-refractivity contribution < 1.29 is 0 Å². The fraction of sp³-hybridized carbons (Fsp3) is 0.353. The Bertz CT molecular complexity index is 548. The summed E-state index contributed by atoms with van der Waals surface area (Å²) in [6.45, 7) is 6.50. The number of benzene rings is 1. The van der Waals surface area contributed by atoms with Gasteiger partial charge in [0.25, 0.3) is 0 Å². The van der Waals surface area contributed by atoms with Crippen LogP contribution in [0.15, 0.2) is 53.1 Å². The maximum atomic E-state index is 4.46. The number of hydrogen-bond donors (Lipinski definition) is 0. The molecule has 1 aliphatic rings. The summed E-state index contributed by atoms with van der Waals surface area (Å²) in [6, 6.07) is 14.9. The minimum Gasteiger partial charge on any atom is -0.297 e. The van der Waals surface area contributed by atoms with E-state index in [1.807, 2.05) is 6.20 Å². The SMILES string of the molecule is Brc1ccc(CN2CCN(Cc3ccccc3)CC2)nc1. The number of halogens is 1. The first-order chi connectivity index (χ1) is 10.3. The van der Waals surface area contributed by atoms with Crippen LogP contribution in [0.4, 0.5) is 0 Å². The molecular weight excluding hydrogens is 326 g/mol. The van der Waals surface area contributed by atoms with Gasteiger partial charge in [-0.1, -0.05) is 30.3 Å². The van der Waals surface area contributed by atoms with E-state index in [0.29, 0.717) is 0 Å². The Labute approximate surface area is 134 Å². The first kappa shape index (κ1) is 14.7. The van der Waals surface area contributed by atoms with Gasteiger partial charge in [0.2, 0.25) is 0 Å². The van der Waals surface area contributed by atoms with Crippen LogP contribution in [0.3, 0.4) is 0 Å². The lowest BCUT2D eigenvalue weighted by atomic mass is 10.2. The Morgan fingerprint density at radius 1 is 0.857 bits per heavy atom. The van der Waals surface area contributed by atoms with Crippen molar-refractivity contribution >= 4 is 15.9 Å². The zero-order valence-corrected chi connectivity index (χ0v) is 13.7. The molecule has 3 rings (SSSR count). The van der Waals surface area contributed by atoms with Crippen molar-refractivity contribution in [3.05, 3.63) is 64.4 Å². The number of nitrogens with zero attached hydrogens (tertiary/aromatic N) is 3. The summed E-state index contributed by atoms with van der Waals surface area (Å²) in [4.78, 5) is 9.47. The molecule has 4 heteroatoms. The summed E-state index contributed by atoms with van der Waals surface area (Å²) >= 11 is 3.43. The van der Waals surface area contributed by atoms with E-state index in [9.17, 15) is 0 Å². The molecule has 21 heavy (non-hydrogen) atoms. The van der Waals surface area contributed by atoms with Gasteiger partial charge in [-0.05, 0) is 33.6 Å². The Hall–Kier alpha value is -1.23. The lowest BCUT2D eigenvalue weighted by molar-refractivity contribution is 0.121. The Balaban J connectivity index is 1.47. The monoisotopic (exact) mass is 345 g/mol. The normalized spacial score (nSPS) is 17.0. The van der Waals surface area contributed by atoms with Gasteiger partial charge in [0, 0.05) is 49.9 Å². The molecular formula is C17H20BrN3. The van der Waals surface area contributed by atoms with Crippen LogP contribution < -0.4 is 0 Å². The van der Waals surface area contributed by atoms with E-state index in [2.05, 4.69) is 73.2 Å². The zero-order valence-electron chi connectivity index (χ0n) is 12.1. The molecule has 0 bridgehead atoms. The molecule has 0 aliphatic carbocycles. The van der Waals surface area contributed by atoms with Crippen LogP contribution in [0.25, 0.3) is 0 Å². The fourth-order valence-electron chi connectivity index (χ4n) is 2.68. The van der Waals surface area contributed by atoms with Gasteiger partial charge in [0.15, 0.2) is 0 Å². The standard InChI is InChI=1S/C17H20BrN3/c18-16-6-7-17(19-12-16)14-21-10-8-20(9-11-21)13-15-4-2-1-3-5-15/h1-7,12H,8-11,13-14H2. The van der Waals surface area contributed by atoms with Crippen LogP contribution in [0, 0.1) is 0 Å². The van der Waals surface area contributed by atoms with Gasteiger partial charge in [-0.25, -0.2) is 0 Å². The highest BCUT2D eigenvalue weighted by Crippen LogP contribution is 2.12. The molecule has 1 aromatic heterocycles. The van der Waals surface area contributed by atoms with E-state index in [0.717, 1.165) is 49.4 Å². The third-order valence-corrected chi connectivity index (χ3v) is 4.36. The van der Waals surface area contributed by atoms with Crippen LogP contribution in [-0.2, 0) is 13.1 Å². The molecule has 1 aromatic carbocycles. The number of piperazine rings is 1. The number of rotatable bonds is 4. The van der Waals surface area contributed by atoms with Gasteiger partial charge >= 0.3 is 0 Å². The molecule has 0 amide bonds. The predicted octanol–water partition coefficient (Wildman–Crippen LogP) is 3.16. The Morgan fingerprint density at radius 2 is 1.52 bits per heavy atom. The highest BCUT2D eigenvalue weighted by molar-refractivity contribution is 9.10. The topological polar surface area (TPSA) is 19.4 Å². The van der Waals surface area contributed by atoms with Crippen molar-refractivity contribution in [2.45, 2.75) is 13.1 Å². The number of pyridine rings is 1. The van der Waals surface area contributed by atoms with E-state index in [-0.39, 0.29) is 0 Å². The van der Waals surface area contributed by atoms with Crippen molar-refractivity contribution in [3.8, 4) is 0 Å². The van der Waals surface area contributed by atoms with E-state index >= 15 is 0 Å². The van der Waals surface area contributed by atoms with Crippen molar-refractivity contribution in [1.29, 1.82) is 0 Å². The second-order valence-corrected chi connectivity index (χ2v) is 6.42. The van der Waals surface area contributed by atoms with Crippen LogP contribution in [0.1, 0.15) is 11.3 Å². The van der Waals surface area contributed by atoms with E-state index in [1.54, 1.807) is 0 Å². The van der Waals surface area contributed by atoms with Crippen LogP contribution in [0.2, 0.25) is 0 Å². The molecule has 110 valence electrons. The Kier molecular flexibility index (Phi) is 5.01. The second-order valence-electron chi connectivity index (χ2n) is 5.51. The first-order valence-electron chi connectivity index (χ1n) is 7.39. The van der Waals surface area contributed by atoms with Crippen LogP contribution >= 0.6 is 15.9 Å². The van der Waals surface area contributed by atoms with Crippen molar-refractivity contribution in [2.24, 2.45) is 0 Å². The summed E-state index contributed by atoms with van der Waals surface area (Å²) in [5.41, 5.74) is 2.55. The third-order valence-electron chi connectivity index (χ3n) is 3.89. The second kappa shape index (κ2) is 7.16. The lowest BCUT2D eigenvalue weighted by Crippen LogP contribution is -2.45. The lowest BCUT2D eigenvalue weighted by Gasteiger charge is -2.34. The molecule has 3 nitrogen and oxygen atoms in total. The molecule has 0 N–H and O–H groups in total. The zero-order chi connectivity index (χ0) is 14.5. The average molecular weight is 346 g/mol. The number of hydrogen-bond acceptors (Lipinski definition) is 3. The highest BCUT2D eigenvalue weighted by Gasteiger charge is 2.17. The quantitative estimate of drug-likeness (QED) is 0.848. The molecule has 2 aromatic rings.